The van der Waals surface area contributed by atoms with E-state index >= 15 is 0 Å². The lowest BCUT2D eigenvalue weighted by molar-refractivity contribution is -0.115. The number of carbonyl (C=O) groups is 1. The Hall–Kier alpha value is -2.55. The molecule has 1 atom stereocenters. The smallest absolute Gasteiger partial charge is 0.323 e. The molecule has 0 bridgehead atoms. The van der Waals surface area contributed by atoms with E-state index < -0.39 is 0 Å². The topological polar surface area (TPSA) is 108 Å². The molecular formula is C17H22N6O2S. The highest BCUT2D eigenvalue weighted by atomic mass is 32.2. The maximum atomic E-state index is 12.5. The molecule has 26 heavy (non-hydrogen) atoms. The maximum Gasteiger partial charge on any atom is 0.323 e. The third kappa shape index (κ3) is 4.34. The van der Waals surface area contributed by atoms with Crippen LogP contribution in [-0.4, -0.2) is 35.9 Å². The van der Waals surface area contributed by atoms with Crippen LogP contribution in [0, 0.1) is 0 Å². The third-order valence-electron chi connectivity index (χ3n) is 4.02. The summed E-state index contributed by atoms with van der Waals surface area (Å²) in [7, 11) is 0. The van der Waals surface area contributed by atoms with Crippen LogP contribution < -0.4 is 11.0 Å². The Kier molecular flexibility index (Phi) is 5.77. The van der Waals surface area contributed by atoms with Gasteiger partial charge in [-0.15, -0.1) is 10.2 Å². The average molecular weight is 374 g/mol. The molecular weight excluding hydrogens is 352 g/mol. The van der Waals surface area contributed by atoms with Crippen LogP contribution in [0.25, 0.3) is 11.0 Å². The van der Waals surface area contributed by atoms with Crippen LogP contribution in [0.15, 0.2) is 34.5 Å². The van der Waals surface area contributed by atoms with Crippen molar-refractivity contribution < 1.29 is 4.79 Å². The summed E-state index contributed by atoms with van der Waals surface area (Å²) in [5.41, 5.74) is 1.73. The van der Waals surface area contributed by atoms with Gasteiger partial charge in [-0.05, 0) is 31.5 Å². The van der Waals surface area contributed by atoms with Gasteiger partial charge in [0, 0.05) is 12.2 Å². The van der Waals surface area contributed by atoms with Crippen LogP contribution >= 0.6 is 11.8 Å². The zero-order chi connectivity index (χ0) is 18.5. The molecule has 2 aromatic heterocycles. The number of thioether (sulfide) groups is 1. The van der Waals surface area contributed by atoms with E-state index in [4.69, 9.17) is 0 Å². The molecule has 2 heterocycles. The molecule has 1 aromatic carbocycles. The number of carbonyl (C=O) groups excluding carboxylic acids is 1. The number of aromatic nitrogens is 5. The van der Waals surface area contributed by atoms with Crippen molar-refractivity contribution in [3.8, 4) is 0 Å². The standard InChI is InChI=1S/C17H22N6O2S/c1-3-4-5-8-23-10-18-22-17(23)26-11(2)15(24)19-12-6-7-13-14(9-12)21-16(25)20-13/h6-7,9-11H,3-5,8H2,1-2H3,(H,19,24)(H2,20,21,25)/t11-/m0/s1. The van der Waals surface area contributed by atoms with Gasteiger partial charge in [0.25, 0.3) is 0 Å². The molecule has 138 valence electrons. The minimum absolute atomic E-state index is 0.129. The summed E-state index contributed by atoms with van der Waals surface area (Å²) in [6.45, 7) is 4.85. The highest BCUT2D eigenvalue weighted by Gasteiger charge is 2.18. The van der Waals surface area contributed by atoms with Crippen LogP contribution in [0.3, 0.4) is 0 Å². The van der Waals surface area contributed by atoms with E-state index in [9.17, 15) is 9.59 Å². The Bertz CT molecular complexity index is 944. The summed E-state index contributed by atoms with van der Waals surface area (Å²) in [6, 6.07) is 5.25. The van der Waals surface area contributed by atoms with Crippen LogP contribution in [0.2, 0.25) is 0 Å². The van der Waals surface area contributed by atoms with Crippen molar-refractivity contribution in [2.45, 2.75) is 50.1 Å². The van der Waals surface area contributed by atoms with E-state index in [-0.39, 0.29) is 16.8 Å². The fourth-order valence-corrected chi connectivity index (χ4v) is 3.44. The summed E-state index contributed by atoms with van der Waals surface area (Å²) in [5.74, 6) is -0.129. The number of benzene rings is 1. The van der Waals surface area contributed by atoms with Gasteiger partial charge in [-0.3, -0.25) is 4.79 Å². The number of nitrogens with one attached hydrogen (secondary N) is 3. The van der Waals surface area contributed by atoms with Gasteiger partial charge in [-0.25, -0.2) is 4.79 Å². The third-order valence-corrected chi connectivity index (χ3v) is 5.11. The number of anilines is 1. The second kappa shape index (κ2) is 8.22. The lowest BCUT2D eigenvalue weighted by Gasteiger charge is -2.12. The quantitative estimate of drug-likeness (QED) is 0.415. The van der Waals surface area contributed by atoms with E-state index in [0.717, 1.165) is 31.0 Å². The second-order valence-electron chi connectivity index (χ2n) is 6.10. The zero-order valence-electron chi connectivity index (χ0n) is 14.8. The van der Waals surface area contributed by atoms with Crippen LogP contribution in [0.5, 0.6) is 0 Å². The summed E-state index contributed by atoms with van der Waals surface area (Å²) >= 11 is 1.38. The summed E-state index contributed by atoms with van der Waals surface area (Å²) in [5, 5.41) is 11.4. The molecule has 0 spiro atoms. The predicted molar refractivity (Wildman–Crippen MR) is 102 cm³/mol. The molecule has 0 radical (unpaired) electrons. The average Bonchev–Trinajstić information content (AvgIpc) is 3.20. The molecule has 8 nitrogen and oxygen atoms in total. The second-order valence-corrected chi connectivity index (χ2v) is 7.41. The molecule has 3 aromatic rings. The number of imidazole rings is 1. The molecule has 9 heteroatoms. The van der Waals surface area contributed by atoms with Gasteiger partial charge in [0.2, 0.25) is 5.91 Å². The minimum Gasteiger partial charge on any atom is -0.325 e. The van der Waals surface area contributed by atoms with E-state index in [1.807, 2.05) is 11.5 Å². The number of rotatable bonds is 8. The number of aromatic amines is 2. The van der Waals surface area contributed by atoms with Crippen LogP contribution in [0.1, 0.15) is 33.1 Å². The van der Waals surface area contributed by atoms with Crippen molar-refractivity contribution in [1.82, 2.24) is 24.7 Å². The monoisotopic (exact) mass is 374 g/mol. The fraction of sp³-hybridized carbons (Fsp3) is 0.412. The number of fused-ring (bicyclic) bond motifs is 1. The van der Waals surface area contributed by atoms with E-state index in [1.54, 1.807) is 24.5 Å². The van der Waals surface area contributed by atoms with Crippen molar-refractivity contribution in [2.24, 2.45) is 0 Å². The predicted octanol–water partition coefficient (Wildman–Crippen LogP) is 2.76. The normalized spacial score (nSPS) is 12.4. The van der Waals surface area contributed by atoms with Gasteiger partial charge in [0.15, 0.2) is 5.16 Å². The summed E-state index contributed by atoms with van der Waals surface area (Å²) in [6.07, 6.45) is 5.08. The zero-order valence-corrected chi connectivity index (χ0v) is 15.6. The van der Waals surface area contributed by atoms with Gasteiger partial charge in [-0.2, -0.15) is 0 Å². The maximum absolute atomic E-state index is 12.5. The van der Waals surface area contributed by atoms with Gasteiger partial charge < -0.3 is 19.9 Å². The van der Waals surface area contributed by atoms with Crippen molar-refractivity contribution in [1.29, 1.82) is 0 Å². The van der Waals surface area contributed by atoms with Crippen molar-refractivity contribution in [3.05, 3.63) is 35.0 Å². The van der Waals surface area contributed by atoms with Gasteiger partial charge in [-0.1, -0.05) is 31.5 Å². The molecule has 0 unspecified atom stereocenters. The summed E-state index contributed by atoms with van der Waals surface area (Å²) in [4.78, 5) is 29.2. The molecule has 0 aliphatic rings. The fourth-order valence-electron chi connectivity index (χ4n) is 2.59. The molecule has 0 aliphatic carbocycles. The first-order valence-electron chi connectivity index (χ1n) is 8.64. The first-order valence-corrected chi connectivity index (χ1v) is 9.52. The van der Waals surface area contributed by atoms with Crippen molar-refractivity contribution in [3.63, 3.8) is 0 Å². The highest BCUT2D eigenvalue weighted by molar-refractivity contribution is 8.00. The molecule has 3 rings (SSSR count). The Morgan fingerprint density at radius 3 is 2.92 bits per heavy atom. The largest absolute Gasteiger partial charge is 0.325 e. The first-order chi connectivity index (χ1) is 12.6. The van der Waals surface area contributed by atoms with E-state index in [2.05, 4.69) is 32.4 Å². The molecule has 0 saturated carbocycles. The minimum atomic E-state index is -0.329. The first kappa shape index (κ1) is 18.2. The van der Waals surface area contributed by atoms with E-state index in [0.29, 0.717) is 16.7 Å². The lowest BCUT2D eigenvalue weighted by atomic mass is 10.2. The number of nitrogens with zero attached hydrogens (tertiary/aromatic N) is 3. The Labute approximate surface area is 154 Å². The molecule has 0 aliphatic heterocycles. The number of unbranched alkanes of at least 4 members (excludes halogenated alkanes) is 2. The van der Waals surface area contributed by atoms with Gasteiger partial charge in [0.05, 0.1) is 16.3 Å². The number of amides is 1. The number of aryl methyl sites for hydroxylation is 1. The lowest BCUT2D eigenvalue weighted by Crippen LogP contribution is -2.22. The molecule has 1 amide bonds. The van der Waals surface area contributed by atoms with Gasteiger partial charge >= 0.3 is 5.69 Å². The number of hydrogen-bond acceptors (Lipinski definition) is 5. The summed E-state index contributed by atoms with van der Waals surface area (Å²) < 4.78 is 1.99. The van der Waals surface area contributed by atoms with Gasteiger partial charge in [0.1, 0.15) is 6.33 Å². The SMILES string of the molecule is CCCCCn1cnnc1S[C@@H](C)C(=O)Nc1ccc2[nH]c(=O)[nH]c2c1. The van der Waals surface area contributed by atoms with Crippen LogP contribution in [-0.2, 0) is 11.3 Å². The van der Waals surface area contributed by atoms with Crippen molar-refractivity contribution in [2.75, 3.05) is 5.32 Å². The van der Waals surface area contributed by atoms with E-state index in [1.165, 1.54) is 11.8 Å². The molecule has 0 fully saturated rings. The molecule has 3 N–H and O–H groups in total. The number of H-pyrrole nitrogens is 2. The van der Waals surface area contributed by atoms with Crippen LogP contribution in [0.4, 0.5) is 5.69 Å². The van der Waals surface area contributed by atoms with Crippen molar-refractivity contribution >= 4 is 34.4 Å². The number of hydrogen-bond donors (Lipinski definition) is 3. The Balaban J connectivity index is 1.62. The highest BCUT2D eigenvalue weighted by Crippen LogP contribution is 2.23. The Morgan fingerprint density at radius 1 is 1.31 bits per heavy atom. The molecule has 0 saturated heterocycles. The Morgan fingerprint density at radius 2 is 2.12 bits per heavy atom.